The lowest BCUT2D eigenvalue weighted by Crippen LogP contribution is -2.25. The number of methoxy groups -OCH3 is 2. The molecular formula is C21H28N4O3. The zero-order chi connectivity index (χ0) is 19.5. The Morgan fingerprint density at radius 2 is 2.00 bits per heavy atom. The molecule has 1 N–H and O–H groups in total. The lowest BCUT2D eigenvalue weighted by atomic mass is 10.0. The summed E-state index contributed by atoms with van der Waals surface area (Å²) in [6, 6.07) is 7.64. The van der Waals surface area contributed by atoms with Crippen LogP contribution in [0.1, 0.15) is 36.4 Å². The van der Waals surface area contributed by atoms with Gasteiger partial charge in [0.05, 0.1) is 19.9 Å². The summed E-state index contributed by atoms with van der Waals surface area (Å²) in [5.74, 6) is 2.55. The molecule has 7 nitrogen and oxygen atoms in total. The van der Waals surface area contributed by atoms with Gasteiger partial charge >= 0.3 is 0 Å². The van der Waals surface area contributed by atoms with E-state index in [1.807, 2.05) is 12.1 Å². The molecule has 4 rings (SSSR count). The highest BCUT2D eigenvalue weighted by molar-refractivity contribution is 5.46. The van der Waals surface area contributed by atoms with E-state index in [1.54, 1.807) is 20.3 Å². The summed E-state index contributed by atoms with van der Waals surface area (Å²) in [6.07, 6.45) is 3.32. The molecule has 0 amide bonds. The van der Waals surface area contributed by atoms with Gasteiger partial charge in [0.15, 0.2) is 11.5 Å². The van der Waals surface area contributed by atoms with Crippen molar-refractivity contribution in [2.45, 2.75) is 31.7 Å². The summed E-state index contributed by atoms with van der Waals surface area (Å²) in [6.45, 7) is 4.59. The Balaban J connectivity index is 1.48. The molecule has 0 bridgehead atoms. The molecule has 2 aromatic rings. The average molecular weight is 384 g/mol. The van der Waals surface area contributed by atoms with Crippen LogP contribution in [0.15, 0.2) is 29.1 Å². The molecule has 1 aromatic heterocycles. The highest BCUT2D eigenvalue weighted by Crippen LogP contribution is 2.34. The normalized spacial score (nSPS) is 19.9. The van der Waals surface area contributed by atoms with Crippen molar-refractivity contribution in [2.75, 3.05) is 45.3 Å². The first-order valence-electron chi connectivity index (χ1n) is 9.96. The number of nitrogens with zero attached hydrogens (tertiary/aromatic N) is 3. The van der Waals surface area contributed by atoms with E-state index in [9.17, 15) is 4.79 Å². The smallest absolute Gasteiger partial charge is 0.252 e. The average Bonchev–Trinajstić information content (AvgIpc) is 3.39. The fraction of sp³-hybridized carbons (Fsp3) is 0.524. The Labute approximate surface area is 165 Å². The quantitative estimate of drug-likeness (QED) is 0.825. The summed E-state index contributed by atoms with van der Waals surface area (Å²) < 4.78 is 11.0. The third-order valence-corrected chi connectivity index (χ3v) is 5.72. The van der Waals surface area contributed by atoms with Crippen molar-refractivity contribution in [3.63, 3.8) is 0 Å². The first kappa shape index (κ1) is 18.8. The number of hydrogen-bond donors (Lipinski definition) is 1. The third-order valence-electron chi connectivity index (χ3n) is 5.72. The van der Waals surface area contributed by atoms with Crippen molar-refractivity contribution in [3.05, 3.63) is 45.9 Å². The van der Waals surface area contributed by atoms with Crippen LogP contribution >= 0.6 is 0 Å². The maximum Gasteiger partial charge on any atom is 0.252 e. The molecule has 0 aliphatic carbocycles. The van der Waals surface area contributed by atoms with Crippen molar-refractivity contribution in [2.24, 2.45) is 0 Å². The minimum absolute atomic E-state index is 0.0557. The third kappa shape index (κ3) is 3.85. The van der Waals surface area contributed by atoms with Crippen LogP contribution < -0.4 is 19.9 Å². The Hall–Kier alpha value is -2.54. The van der Waals surface area contributed by atoms with E-state index >= 15 is 0 Å². The Bertz CT molecular complexity index is 876. The van der Waals surface area contributed by atoms with Gasteiger partial charge in [0.25, 0.3) is 5.56 Å². The summed E-state index contributed by atoms with van der Waals surface area (Å²) in [5, 5.41) is 0. The minimum atomic E-state index is -0.0557. The van der Waals surface area contributed by atoms with Crippen LogP contribution in [-0.2, 0) is 6.54 Å². The molecule has 3 heterocycles. The second kappa shape index (κ2) is 8.22. The van der Waals surface area contributed by atoms with Crippen molar-refractivity contribution < 1.29 is 9.47 Å². The molecule has 28 heavy (non-hydrogen) atoms. The van der Waals surface area contributed by atoms with E-state index in [2.05, 4.69) is 20.9 Å². The number of ether oxygens (including phenoxy) is 2. The van der Waals surface area contributed by atoms with Crippen LogP contribution in [-0.4, -0.2) is 55.3 Å². The van der Waals surface area contributed by atoms with Crippen molar-refractivity contribution in [1.82, 2.24) is 14.9 Å². The van der Waals surface area contributed by atoms with E-state index < -0.39 is 0 Å². The number of aromatic nitrogens is 2. The van der Waals surface area contributed by atoms with Crippen LogP contribution in [0.4, 0.5) is 5.95 Å². The van der Waals surface area contributed by atoms with Gasteiger partial charge in [-0.3, -0.25) is 14.7 Å². The molecule has 0 saturated carbocycles. The van der Waals surface area contributed by atoms with E-state index in [-0.39, 0.29) is 11.5 Å². The molecule has 0 spiro atoms. The van der Waals surface area contributed by atoms with Gasteiger partial charge in [-0.15, -0.1) is 0 Å². The standard InChI is InChI=1S/C21H28N4O3/c1-27-18-7-5-6-16(20(18)28-2)14-24-11-8-15(13-24)17-12-19(26)23-21(22-17)25-9-3-4-10-25/h5-7,12,15H,3-4,8-11,13-14H2,1-2H3,(H,22,23,26). The first-order chi connectivity index (χ1) is 13.7. The molecule has 1 atom stereocenters. The molecule has 1 aromatic carbocycles. The van der Waals surface area contributed by atoms with Gasteiger partial charge in [-0.05, 0) is 31.9 Å². The van der Waals surface area contributed by atoms with Crippen molar-refractivity contribution in [3.8, 4) is 11.5 Å². The van der Waals surface area contributed by atoms with E-state index in [1.165, 1.54) is 0 Å². The number of anilines is 1. The molecular weight excluding hydrogens is 356 g/mol. The lowest BCUT2D eigenvalue weighted by molar-refractivity contribution is 0.308. The van der Waals surface area contributed by atoms with Gasteiger partial charge in [0.2, 0.25) is 5.95 Å². The topological polar surface area (TPSA) is 70.7 Å². The molecule has 7 heteroatoms. The Morgan fingerprint density at radius 3 is 2.75 bits per heavy atom. The van der Waals surface area contributed by atoms with Crippen molar-refractivity contribution >= 4 is 5.95 Å². The van der Waals surface area contributed by atoms with Crippen LogP contribution in [0.25, 0.3) is 0 Å². The number of likely N-dealkylation sites (tertiary alicyclic amines) is 1. The number of rotatable bonds is 6. The maximum absolute atomic E-state index is 12.2. The number of benzene rings is 1. The Kier molecular flexibility index (Phi) is 5.52. The number of aromatic amines is 1. The fourth-order valence-electron chi connectivity index (χ4n) is 4.29. The summed E-state index contributed by atoms with van der Waals surface area (Å²) >= 11 is 0. The molecule has 2 fully saturated rings. The number of H-pyrrole nitrogens is 1. The predicted molar refractivity (Wildman–Crippen MR) is 108 cm³/mol. The Morgan fingerprint density at radius 1 is 1.18 bits per heavy atom. The van der Waals surface area contributed by atoms with Gasteiger partial charge in [-0.2, -0.15) is 0 Å². The van der Waals surface area contributed by atoms with Gasteiger partial charge in [-0.25, -0.2) is 4.98 Å². The first-order valence-corrected chi connectivity index (χ1v) is 9.96. The molecule has 2 aliphatic heterocycles. The molecule has 150 valence electrons. The van der Waals surface area contributed by atoms with E-state index in [0.29, 0.717) is 0 Å². The summed E-state index contributed by atoms with van der Waals surface area (Å²) in [5.41, 5.74) is 1.96. The van der Waals surface area contributed by atoms with Gasteiger partial charge in [0, 0.05) is 43.7 Å². The fourth-order valence-corrected chi connectivity index (χ4v) is 4.29. The number of hydrogen-bond acceptors (Lipinski definition) is 6. The van der Waals surface area contributed by atoms with Gasteiger partial charge in [0.1, 0.15) is 0 Å². The maximum atomic E-state index is 12.2. The largest absolute Gasteiger partial charge is 0.493 e. The lowest BCUT2D eigenvalue weighted by Gasteiger charge is -2.20. The summed E-state index contributed by atoms with van der Waals surface area (Å²) in [7, 11) is 3.33. The monoisotopic (exact) mass is 384 g/mol. The highest BCUT2D eigenvalue weighted by atomic mass is 16.5. The summed E-state index contributed by atoms with van der Waals surface area (Å²) in [4.78, 5) is 24.5. The highest BCUT2D eigenvalue weighted by Gasteiger charge is 2.27. The predicted octanol–water partition coefficient (Wildman–Crippen LogP) is 2.38. The molecule has 2 saturated heterocycles. The SMILES string of the molecule is COc1cccc(CN2CCC(c3cc(=O)[nH]c(N4CCCC4)n3)C2)c1OC. The van der Waals surface area contributed by atoms with Gasteiger partial charge in [-0.1, -0.05) is 12.1 Å². The second-order valence-corrected chi connectivity index (χ2v) is 7.56. The zero-order valence-corrected chi connectivity index (χ0v) is 16.6. The van der Waals surface area contributed by atoms with Crippen LogP contribution in [0.5, 0.6) is 11.5 Å². The van der Waals surface area contributed by atoms with E-state index in [4.69, 9.17) is 14.5 Å². The molecule has 2 aliphatic rings. The minimum Gasteiger partial charge on any atom is -0.493 e. The van der Waals surface area contributed by atoms with Crippen LogP contribution in [0.2, 0.25) is 0 Å². The number of nitrogens with one attached hydrogen (secondary N) is 1. The van der Waals surface area contributed by atoms with Gasteiger partial charge < -0.3 is 14.4 Å². The number of para-hydroxylation sites is 1. The zero-order valence-electron chi connectivity index (χ0n) is 16.6. The van der Waals surface area contributed by atoms with Crippen molar-refractivity contribution in [1.29, 1.82) is 0 Å². The molecule has 0 radical (unpaired) electrons. The van der Waals surface area contributed by atoms with Crippen LogP contribution in [0, 0.1) is 0 Å². The second-order valence-electron chi connectivity index (χ2n) is 7.56. The van der Waals surface area contributed by atoms with Crippen LogP contribution in [0.3, 0.4) is 0 Å². The van der Waals surface area contributed by atoms with E-state index in [0.717, 1.165) is 80.7 Å². The molecule has 1 unspecified atom stereocenters.